The van der Waals surface area contributed by atoms with E-state index < -0.39 is 4.92 Å². The smallest absolute Gasteiger partial charge is 0.270 e. The van der Waals surface area contributed by atoms with Crippen LogP contribution in [-0.4, -0.2) is 15.9 Å². The number of rotatable bonds is 4. The molecule has 1 heterocycles. The fourth-order valence-corrected chi connectivity index (χ4v) is 2.31. The van der Waals surface area contributed by atoms with Crippen LogP contribution in [0.1, 0.15) is 18.5 Å². The second-order valence-electron chi connectivity index (χ2n) is 5.14. The van der Waals surface area contributed by atoms with Crippen molar-refractivity contribution in [2.24, 2.45) is 11.7 Å². The number of nitro groups is 1. The Balaban J connectivity index is 1.88. The molecule has 1 aliphatic carbocycles. The van der Waals surface area contributed by atoms with Crippen LogP contribution in [0.2, 0.25) is 0 Å². The summed E-state index contributed by atoms with van der Waals surface area (Å²) in [5, 5.41) is 11.5. The van der Waals surface area contributed by atoms with Gasteiger partial charge in [-0.3, -0.25) is 15.1 Å². The van der Waals surface area contributed by atoms with Crippen LogP contribution in [0.15, 0.2) is 30.3 Å². The summed E-state index contributed by atoms with van der Waals surface area (Å²) >= 11 is 0. The first kappa shape index (κ1) is 12.0. The topological polar surface area (TPSA) is 82.0 Å². The third-order valence-corrected chi connectivity index (χ3v) is 3.61. The van der Waals surface area contributed by atoms with Gasteiger partial charge < -0.3 is 5.73 Å². The summed E-state index contributed by atoms with van der Waals surface area (Å²) in [6.07, 6.45) is 3.22. The lowest BCUT2D eigenvalue weighted by Gasteiger charge is -2.09. The van der Waals surface area contributed by atoms with Crippen molar-refractivity contribution >= 4 is 16.6 Å². The van der Waals surface area contributed by atoms with Gasteiger partial charge in [-0.05, 0) is 30.9 Å². The van der Waals surface area contributed by atoms with Crippen LogP contribution in [0.5, 0.6) is 0 Å². The van der Waals surface area contributed by atoms with Crippen LogP contribution in [0.3, 0.4) is 0 Å². The molecule has 0 saturated heterocycles. The first-order valence-electron chi connectivity index (χ1n) is 6.43. The zero-order valence-electron chi connectivity index (χ0n) is 10.5. The largest absolute Gasteiger partial charge is 0.327 e. The number of nitrogens with zero attached hydrogens (tertiary/aromatic N) is 2. The van der Waals surface area contributed by atoms with Gasteiger partial charge in [0.15, 0.2) is 0 Å². The van der Waals surface area contributed by atoms with Crippen molar-refractivity contribution in [2.75, 3.05) is 0 Å². The second kappa shape index (κ2) is 4.59. The van der Waals surface area contributed by atoms with Gasteiger partial charge in [-0.25, -0.2) is 0 Å². The van der Waals surface area contributed by atoms with E-state index in [0.717, 1.165) is 23.0 Å². The number of benzene rings is 1. The van der Waals surface area contributed by atoms with E-state index in [1.54, 1.807) is 12.1 Å². The minimum Gasteiger partial charge on any atom is -0.327 e. The van der Waals surface area contributed by atoms with Gasteiger partial charge in [-0.2, -0.15) is 0 Å². The zero-order chi connectivity index (χ0) is 13.4. The molecule has 1 aliphatic rings. The van der Waals surface area contributed by atoms with Crippen LogP contribution in [0.4, 0.5) is 5.69 Å². The molecular formula is C14H15N3O2. The van der Waals surface area contributed by atoms with Gasteiger partial charge in [-0.1, -0.05) is 6.07 Å². The minimum absolute atomic E-state index is 0.0942. The van der Waals surface area contributed by atoms with Crippen molar-refractivity contribution in [3.63, 3.8) is 0 Å². The molecular weight excluding hydrogens is 242 g/mol. The summed E-state index contributed by atoms with van der Waals surface area (Å²) in [6.45, 7) is 0. The SMILES string of the molecule is NC(Cc1ccc2cc([N+](=O)[O-])ccc2n1)C1CC1. The number of non-ortho nitro benzene ring substituents is 1. The standard InChI is InChI=1S/C14H15N3O2/c15-13(9-1-2-9)8-11-4-3-10-7-12(17(18)19)5-6-14(10)16-11/h3-7,9,13H,1-2,8,15H2. The third-order valence-electron chi connectivity index (χ3n) is 3.61. The molecule has 0 aliphatic heterocycles. The van der Waals surface area contributed by atoms with Gasteiger partial charge in [-0.15, -0.1) is 0 Å². The molecule has 5 nitrogen and oxygen atoms in total. The van der Waals surface area contributed by atoms with E-state index in [1.807, 2.05) is 12.1 Å². The van der Waals surface area contributed by atoms with Crippen LogP contribution >= 0.6 is 0 Å². The number of aromatic nitrogens is 1. The molecule has 98 valence electrons. The Bertz CT molecular complexity index is 638. The molecule has 1 unspecified atom stereocenters. The van der Waals surface area contributed by atoms with Gasteiger partial charge in [0.25, 0.3) is 5.69 Å². The molecule has 3 rings (SSSR count). The van der Waals surface area contributed by atoms with Gasteiger partial charge in [0.05, 0.1) is 10.4 Å². The maximum atomic E-state index is 10.7. The molecule has 0 amide bonds. The fourth-order valence-electron chi connectivity index (χ4n) is 2.31. The number of fused-ring (bicyclic) bond motifs is 1. The molecule has 1 aromatic heterocycles. The average Bonchev–Trinajstić information content (AvgIpc) is 3.22. The summed E-state index contributed by atoms with van der Waals surface area (Å²) in [6, 6.07) is 8.70. The number of hydrogen-bond donors (Lipinski definition) is 1. The molecule has 5 heteroatoms. The summed E-state index contributed by atoms with van der Waals surface area (Å²) in [4.78, 5) is 14.8. The first-order chi connectivity index (χ1) is 9.13. The Labute approximate surface area is 110 Å². The molecule has 0 radical (unpaired) electrons. The monoisotopic (exact) mass is 257 g/mol. The Morgan fingerprint density at radius 2 is 2.16 bits per heavy atom. The quantitative estimate of drug-likeness (QED) is 0.673. The molecule has 1 saturated carbocycles. The predicted molar refractivity (Wildman–Crippen MR) is 72.8 cm³/mol. The van der Waals surface area contributed by atoms with Crippen molar-refractivity contribution in [1.82, 2.24) is 4.98 Å². The van der Waals surface area contributed by atoms with Crippen molar-refractivity contribution < 1.29 is 4.92 Å². The minimum atomic E-state index is -0.393. The summed E-state index contributed by atoms with van der Waals surface area (Å²) in [7, 11) is 0. The van der Waals surface area contributed by atoms with Crippen LogP contribution in [-0.2, 0) is 6.42 Å². The molecule has 19 heavy (non-hydrogen) atoms. The van der Waals surface area contributed by atoms with Crippen LogP contribution < -0.4 is 5.73 Å². The second-order valence-corrected chi connectivity index (χ2v) is 5.14. The first-order valence-corrected chi connectivity index (χ1v) is 6.43. The molecule has 2 aromatic rings. The number of nitro benzene ring substituents is 1. The zero-order valence-corrected chi connectivity index (χ0v) is 10.5. The maximum absolute atomic E-state index is 10.7. The van der Waals surface area contributed by atoms with Crippen molar-refractivity contribution in [1.29, 1.82) is 0 Å². The number of pyridine rings is 1. The summed E-state index contributed by atoms with van der Waals surface area (Å²) in [5.41, 5.74) is 7.93. The van der Waals surface area contributed by atoms with Gasteiger partial charge in [0.2, 0.25) is 0 Å². The number of nitrogens with two attached hydrogens (primary N) is 1. The van der Waals surface area contributed by atoms with Crippen LogP contribution in [0.25, 0.3) is 10.9 Å². The van der Waals surface area contributed by atoms with E-state index in [2.05, 4.69) is 4.98 Å². The molecule has 1 fully saturated rings. The fraction of sp³-hybridized carbons (Fsp3) is 0.357. The van der Waals surface area contributed by atoms with Gasteiger partial charge in [0, 0.05) is 35.7 Å². The summed E-state index contributed by atoms with van der Waals surface area (Å²) < 4.78 is 0. The maximum Gasteiger partial charge on any atom is 0.270 e. The van der Waals surface area contributed by atoms with Gasteiger partial charge >= 0.3 is 0 Å². The highest BCUT2D eigenvalue weighted by Gasteiger charge is 2.28. The molecule has 1 atom stereocenters. The highest BCUT2D eigenvalue weighted by molar-refractivity contribution is 5.81. The van der Waals surface area contributed by atoms with E-state index >= 15 is 0 Å². The lowest BCUT2D eigenvalue weighted by molar-refractivity contribution is -0.384. The van der Waals surface area contributed by atoms with E-state index in [1.165, 1.54) is 18.9 Å². The molecule has 0 spiro atoms. The van der Waals surface area contributed by atoms with E-state index in [9.17, 15) is 10.1 Å². The van der Waals surface area contributed by atoms with Crippen molar-refractivity contribution in [3.8, 4) is 0 Å². The highest BCUT2D eigenvalue weighted by atomic mass is 16.6. The van der Waals surface area contributed by atoms with E-state index in [0.29, 0.717) is 5.92 Å². The molecule has 2 N–H and O–H groups in total. The van der Waals surface area contributed by atoms with Crippen molar-refractivity contribution in [3.05, 3.63) is 46.1 Å². The predicted octanol–water partition coefficient (Wildman–Crippen LogP) is 2.42. The lowest BCUT2D eigenvalue weighted by atomic mass is 10.1. The van der Waals surface area contributed by atoms with Crippen molar-refractivity contribution in [2.45, 2.75) is 25.3 Å². The van der Waals surface area contributed by atoms with Crippen LogP contribution in [0, 0.1) is 16.0 Å². The Hall–Kier alpha value is -2.01. The van der Waals surface area contributed by atoms with Gasteiger partial charge in [0.1, 0.15) is 0 Å². The molecule has 0 bridgehead atoms. The highest BCUT2D eigenvalue weighted by Crippen LogP contribution is 2.32. The average molecular weight is 257 g/mol. The molecule has 1 aromatic carbocycles. The lowest BCUT2D eigenvalue weighted by Crippen LogP contribution is -2.25. The number of hydrogen-bond acceptors (Lipinski definition) is 4. The van der Waals surface area contributed by atoms with E-state index in [-0.39, 0.29) is 11.7 Å². The van der Waals surface area contributed by atoms with E-state index in [4.69, 9.17) is 5.73 Å². The Morgan fingerprint density at radius 3 is 2.84 bits per heavy atom. The normalized spacial score (nSPS) is 16.5. The Kier molecular flexibility index (Phi) is 2.91. The Morgan fingerprint density at radius 1 is 1.37 bits per heavy atom. The third kappa shape index (κ3) is 2.56. The summed E-state index contributed by atoms with van der Waals surface area (Å²) in [5.74, 6) is 0.648.